The number of carbonyl (C=O) groups is 1. The molecule has 0 spiro atoms. The molecule has 0 aromatic heterocycles. The van der Waals surface area contributed by atoms with Crippen molar-refractivity contribution >= 4 is 5.97 Å². The lowest BCUT2D eigenvalue weighted by atomic mass is 9.90. The first-order chi connectivity index (χ1) is 9.58. The molecular weight excluding hydrogens is 248 g/mol. The van der Waals surface area contributed by atoms with Crippen molar-refractivity contribution in [3.63, 3.8) is 0 Å². The van der Waals surface area contributed by atoms with Gasteiger partial charge in [-0.2, -0.15) is 0 Å². The van der Waals surface area contributed by atoms with E-state index in [1.54, 1.807) is 6.92 Å². The minimum atomic E-state index is -0.367. The number of benzene rings is 1. The van der Waals surface area contributed by atoms with Crippen LogP contribution in [0.25, 0.3) is 0 Å². The van der Waals surface area contributed by atoms with E-state index in [4.69, 9.17) is 4.74 Å². The van der Waals surface area contributed by atoms with E-state index in [1.807, 2.05) is 12.1 Å². The van der Waals surface area contributed by atoms with Crippen LogP contribution in [0.5, 0.6) is 5.75 Å². The molecule has 0 saturated heterocycles. The van der Waals surface area contributed by atoms with Gasteiger partial charge in [-0.25, -0.2) is 4.79 Å². The van der Waals surface area contributed by atoms with Gasteiger partial charge in [-0.1, -0.05) is 51.8 Å². The van der Waals surface area contributed by atoms with Gasteiger partial charge in [-0.3, -0.25) is 0 Å². The van der Waals surface area contributed by atoms with Gasteiger partial charge in [0.2, 0.25) is 0 Å². The first-order valence-corrected chi connectivity index (χ1v) is 7.56. The van der Waals surface area contributed by atoms with Gasteiger partial charge in [0.1, 0.15) is 5.75 Å². The summed E-state index contributed by atoms with van der Waals surface area (Å²) in [4.78, 5) is 11.5. The standard InChI is InChI=1S/C18H26O2/c1-5-7-9-15(8-6-2)16-10-12-17(13-11-16)20-18(19)14(3)4/h10-13,15H,3,5-9H2,1-2,4H3. The smallest absolute Gasteiger partial charge is 0.338 e. The molecule has 0 aliphatic rings. The molecule has 0 N–H and O–H groups in total. The quantitative estimate of drug-likeness (QED) is 0.368. The van der Waals surface area contributed by atoms with E-state index in [-0.39, 0.29) is 5.97 Å². The number of carbonyl (C=O) groups excluding carboxylic acids is 1. The SMILES string of the molecule is C=C(C)C(=O)Oc1ccc(C(CCC)CCCC)cc1. The molecule has 1 atom stereocenters. The highest BCUT2D eigenvalue weighted by atomic mass is 16.5. The molecule has 0 amide bonds. The van der Waals surface area contributed by atoms with Gasteiger partial charge < -0.3 is 4.74 Å². The first-order valence-electron chi connectivity index (χ1n) is 7.56. The Labute approximate surface area is 122 Å². The van der Waals surface area contributed by atoms with Crippen LogP contribution in [0.4, 0.5) is 0 Å². The van der Waals surface area contributed by atoms with E-state index >= 15 is 0 Å². The Morgan fingerprint density at radius 1 is 1.15 bits per heavy atom. The van der Waals surface area contributed by atoms with Crippen molar-refractivity contribution in [2.45, 2.75) is 58.8 Å². The average Bonchev–Trinajstić information content (AvgIpc) is 2.44. The van der Waals surface area contributed by atoms with Gasteiger partial charge in [0.05, 0.1) is 0 Å². The second-order valence-electron chi connectivity index (χ2n) is 5.37. The van der Waals surface area contributed by atoms with Crippen LogP contribution in [-0.2, 0) is 4.79 Å². The summed E-state index contributed by atoms with van der Waals surface area (Å²) in [6.45, 7) is 9.68. The molecule has 0 fully saturated rings. The Bertz CT molecular complexity index is 431. The maximum Gasteiger partial charge on any atom is 0.338 e. The van der Waals surface area contributed by atoms with Crippen LogP contribution < -0.4 is 4.74 Å². The highest BCUT2D eigenvalue weighted by molar-refractivity contribution is 5.88. The summed E-state index contributed by atoms with van der Waals surface area (Å²) in [5.41, 5.74) is 1.76. The van der Waals surface area contributed by atoms with Crippen LogP contribution in [0.15, 0.2) is 36.4 Å². The van der Waals surface area contributed by atoms with Gasteiger partial charge in [-0.15, -0.1) is 0 Å². The van der Waals surface area contributed by atoms with E-state index in [1.165, 1.54) is 37.7 Å². The number of hydrogen-bond acceptors (Lipinski definition) is 2. The number of unbranched alkanes of at least 4 members (excludes halogenated alkanes) is 1. The fourth-order valence-corrected chi connectivity index (χ4v) is 2.28. The van der Waals surface area contributed by atoms with Crippen molar-refractivity contribution in [3.05, 3.63) is 42.0 Å². The molecule has 0 radical (unpaired) electrons. The maximum atomic E-state index is 11.5. The average molecular weight is 274 g/mol. The van der Waals surface area contributed by atoms with Gasteiger partial charge in [0.15, 0.2) is 0 Å². The lowest BCUT2D eigenvalue weighted by Crippen LogP contribution is -2.08. The van der Waals surface area contributed by atoms with Crippen LogP contribution in [0.2, 0.25) is 0 Å². The molecule has 0 bridgehead atoms. The summed E-state index contributed by atoms with van der Waals surface area (Å²) in [5, 5.41) is 0. The van der Waals surface area contributed by atoms with Crippen molar-refractivity contribution in [1.82, 2.24) is 0 Å². The fourth-order valence-electron chi connectivity index (χ4n) is 2.28. The molecule has 20 heavy (non-hydrogen) atoms. The number of esters is 1. The molecular formula is C18H26O2. The van der Waals surface area contributed by atoms with Crippen molar-refractivity contribution in [2.75, 3.05) is 0 Å². The Morgan fingerprint density at radius 2 is 1.80 bits per heavy atom. The van der Waals surface area contributed by atoms with Crippen molar-refractivity contribution in [1.29, 1.82) is 0 Å². The van der Waals surface area contributed by atoms with Crippen molar-refractivity contribution < 1.29 is 9.53 Å². The summed E-state index contributed by atoms with van der Waals surface area (Å²) in [7, 11) is 0. The summed E-state index contributed by atoms with van der Waals surface area (Å²) in [5.74, 6) is 0.840. The van der Waals surface area contributed by atoms with Gasteiger partial charge in [0.25, 0.3) is 0 Å². The second kappa shape index (κ2) is 8.57. The zero-order valence-electron chi connectivity index (χ0n) is 12.9. The Balaban J connectivity index is 2.72. The van der Waals surface area contributed by atoms with E-state index in [9.17, 15) is 4.79 Å². The Kier molecular flexibility index (Phi) is 7.06. The fraction of sp³-hybridized carbons (Fsp3) is 0.500. The summed E-state index contributed by atoms with van der Waals surface area (Å²) < 4.78 is 5.21. The highest BCUT2D eigenvalue weighted by Crippen LogP contribution is 2.28. The molecule has 1 aromatic carbocycles. The molecule has 110 valence electrons. The molecule has 1 rings (SSSR count). The van der Waals surface area contributed by atoms with Crippen LogP contribution in [0.3, 0.4) is 0 Å². The topological polar surface area (TPSA) is 26.3 Å². The third kappa shape index (κ3) is 5.20. The number of ether oxygens (including phenoxy) is 1. The summed E-state index contributed by atoms with van der Waals surface area (Å²) >= 11 is 0. The largest absolute Gasteiger partial charge is 0.423 e. The van der Waals surface area contributed by atoms with E-state index < -0.39 is 0 Å². The number of rotatable bonds is 8. The Morgan fingerprint density at radius 3 is 2.30 bits per heavy atom. The van der Waals surface area contributed by atoms with E-state index in [2.05, 4.69) is 32.6 Å². The molecule has 0 heterocycles. The highest BCUT2D eigenvalue weighted by Gasteiger charge is 2.11. The molecule has 0 aliphatic heterocycles. The third-order valence-corrected chi connectivity index (χ3v) is 3.45. The minimum absolute atomic E-state index is 0.367. The van der Waals surface area contributed by atoms with Crippen LogP contribution >= 0.6 is 0 Å². The van der Waals surface area contributed by atoms with Crippen LogP contribution in [0, 0.1) is 0 Å². The first kappa shape index (κ1) is 16.5. The van der Waals surface area contributed by atoms with Crippen LogP contribution in [0.1, 0.15) is 64.4 Å². The maximum absolute atomic E-state index is 11.5. The molecule has 2 nitrogen and oxygen atoms in total. The lowest BCUT2D eigenvalue weighted by molar-refractivity contribution is -0.130. The van der Waals surface area contributed by atoms with E-state index in [0.29, 0.717) is 17.2 Å². The molecule has 1 aromatic rings. The summed E-state index contributed by atoms with van der Waals surface area (Å²) in [6.07, 6.45) is 6.13. The zero-order chi connectivity index (χ0) is 15.0. The molecule has 1 unspecified atom stereocenters. The lowest BCUT2D eigenvalue weighted by Gasteiger charge is -2.16. The van der Waals surface area contributed by atoms with Gasteiger partial charge in [0, 0.05) is 5.57 Å². The second-order valence-corrected chi connectivity index (χ2v) is 5.37. The Hall–Kier alpha value is -1.57. The monoisotopic (exact) mass is 274 g/mol. The predicted octanol–water partition coefficient (Wildman–Crippen LogP) is 5.24. The normalized spacial score (nSPS) is 11.9. The third-order valence-electron chi connectivity index (χ3n) is 3.45. The zero-order valence-corrected chi connectivity index (χ0v) is 12.9. The van der Waals surface area contributed by atoms with E-state index in [0.717, 1.165) is 0 Å². The minimum Gasteiger partial charge on any atom is -0.423 e. The van der Waals surface area contributed by atoms with Crippen molar-refractivity contribution in [2.24, 2.45) is 0 Å². The molecule has 0 saturated carbocycles. The molecule has 0 aliphatic carbocycles. The van der Waals surface area contributed by atoms with Crippen LogP contribution in [-0.4, -0.2) is 5.97 Å². The van der Waals surface area contributed by atoms with Gasteiger partial charge in [-0.05, 0) is 43.4 Å². The summed E-state index contributed by atoms with van der Waals surface area (Å²) in [6, 6.07) is 7.92. The molecule has 2 heteroatoms. The van der Waals surface area contributed by atoms with Gasteiger partial charge >= 0.3 is 5.97 Å². The predicted molar refractivity (Wildman–Crippen MR) is 84.1 cm³/mol. The number of hydrogen-bond donors (Lipinski definition) is 0. The van der Waals surface area contributed by atoms with Crippen molar-refractivity contribution in [3.8, 4) is 5.75 Å².